The first-order valence-corrected chi connectivity index (χ1v) is 8.59. The fourth-order valence-corrected chi connectivity index (χ4v) is 3.52. The fourth-order valence-electron chi connectivity index (χ4n) is 3.39. The molecule has 1 aliphatic heterocycles. The maximum atomic E-state index is 12.5. The average Bonchev–Trinajstić information content (AvgIpc) is 2.63. The van der Waals surface area contributed by atoms with Gasteiger partial charge in [-0.2, -0.15) is 0 Å². The molecule has 0 aliphatic carbocycles. The van der Waals surface area contributed by atoms with Crippen molar-refractivity contribution in [3.8, 4) is 11.6 Å². The lowest BCUT2D eigenvalue weighted by atomic mass is 9.90. The van der Waals surface area contributed by atoms with Crippen LogP contribution in [0.15, 0.2) is 58.1 Å². The first-order valence-electron chi connectivity index (χ1n) is 8.21. The molecule has 3 aromatic rings. The molecule has 0 saturated carbocycles. The number of hydrogen-bond donors (Lipinski definition) is 3. The molecule has 0 bridgehead atoms. The van der Waals surface area contributed by atoms with Gasteiger partial charge in [0.1, 0.15) is 0 Å². The third-order valence-electron chi connectivity index (χ3n) is 4.60. The van der Waals surface area contributed by atoms with E-state index in [0.29, 0.717) is 17.3 Å². The molecule has 1 aromatic heterocycles. The predicted octanol–water partition coefficient (Wildman–Crippen LogP) is 2.12. The number of aromatic nitrogens is 2. The van der Waals surface area contributed by atoms with Gasteiger partial charge in [-0.15, -0.1) is 0 Å². The third-order valence-corrected chi connectivity index (χ3v) is 4.86. The van der Waals surface area contributed by atoms with Crippen LogP contribution in [-0.4, -0.2) is 21.2 Å². The molecule has 0 amide bonds. The summed E-state index contributed by atoms with van der Waals surface area (Å²) in [6, 6.07) is 13.7. The molecular formula is C19H16ClN3O3. The number of nitrogens with one attached hydrogen (secondary N) is 2. The van der Waals surface area contributed by atoms with Crippen LogP contribution in [0.3, 0.4) is 0 Å². The van der Waals surface area contributed by atoms with Crippen molar-refractivity contribution in [2.45, 2.75) is 12.5 Å². The predicted molar refractivity (Wildman–Crippen MR) is 99.3 cm³/mol. The van der Waals surface area contributed by atoms with Crippen molar-refractivity contribution in [2.75, 3.05) is 6.54 Å². The Morgan fingerprint density at radius 2 is 1.81 bits per heavy atom. The van der Waals surface area contributed by atoms with Crippen LogP contribution in [-0.2, 0) is 6.42 Å². The van der Waals surface area contributed by atoms with Gasteiger partial charge >= 0.3 is 5.69 Å². The van der Waals surface area contributed by atoms with Crippen molar-refractivity contribution in [1.29, 1.82) is 0 Å². The Kier molecular flexibility index (Phi) is 4.14. The lowest BCUT2D eigenvalue weighted by Gasteiger charge is -2.27. The molecule has 0 fully saturated rings. The molecule has 1 aliphatic rings. The van der Waals surface area contributed by atoms with Gasteiger partial charge in [-0.3, -0.25) is 9.78 Å². The Morgan fingerprint density at radius 1 is 1.08 bits per heavy atom. The van der Waals surface area contributed by atoms with E-state index >= 15 is 0 Å². The minimum absolute atomic E-state index is 0.117. The number of halogens is 1. The standard InChI is InChI=1S/C19H16ClN3O3/c20-12-5-7-13(8-6-12)23-18(25)15(17(24)22-19(23)26)16-14-4-2-1-3-11(14)9-10-21-16/h1-8,16,21,25H,9-10H2,(H,22,24,26)/t16-/m1/s1. The zero-order valence-electron chi connectivity index (χ0n) is 13.7. The molecule has 7 heteroatoms. The maximum Gasteiger partial charge on any atom is 0.335 e. The number of benzene rings is 2. The second-order valence-corrected chi connectivity index (χ2v) is 6.58. The lowest BCUT2D eigenvalue weighted by Crippen LogP contribution is -2.38. The summed E-state index contributed by atoms with van der Waals surface area (Å²) >= 11 is 5.90. The highest BCUT2D eigenvalue weighted by molar-refractivity contribution is 6.30. The summed E-state index contributed by atoms with van der Waals surface area (Å²) in [7, 11) is 0. The normalized spacial score (nSPS) is 16.3. The second-order valence-electron chi connectivity index (χ2n) is 6.14. The molecule has 0 spiro atoms. The summed E-state index contributed by atoms with van der Waals surface area (Å²) in [5, 5.41) is 14.6. The van der Waals surface area contributed by atoms with Gasteiger partial charge in [0.15, 0.2) is 0 Å². The van der Waals surface area contributed by atoms with Crippen LogP contribution in [0.2, 0.25) is 5.02 Å². The molecule has 4 rings (SSSR count). The Morgan fingerprint density at radius 3 is 2.58 bits per heavy atom. The minimum atomic E-state index is -0.706. The number of nitrogens with zero attached hydrogens (tertiary/aromatic N) is 1. The van der Waals surface area contributed by atoms with E-state index in [1.54, 1.807) is 24.3 Å². The molecular weight excluding hydrogens is 354 g/mol. The number of hydrogen-bond acceptors (Lipinski definition) is 4. The molecule has 2 aromatic carbocycles. The van der Waals surface area contributed by atoms with Crippen molar-refractivity contribution < 1.29 is 5.11 Å². The van der Waals surface area contributed by atoms with Gasteiger partial charge in [-0.25, -0.2) is 9.36 Å². The SMILES string of the molecule is O=c1[nH]c(=O)n(-c2ccc(Cl)cc2)c(O)c1[C@@H]1NCCc2ccccc21. The lowest BCUT2D eigenvalue weighted by molar-refractivity contribution is 0.410. The van der Waals surface area contributed by atoms with Gasteiger partial charge in [-0.05, 0) is 41.8 Å². The second kappa shape index (κ2) is 6.48. The van der Waals surface area contributed by atoms with E-state index in [2.05, 4.69) is 10.3 Å². The van der Waals surface area contributed by atoms with Crippen LogP contribution < -0.4 is 16.6 Å². The largest absolute Gasteiger partial charge is 0.494 e. The minimum Gasteiger partial charge on any atom is -0.494 e. The van der Waals surface area contributed by atoms with Gasteiger partial charge in [0.25, 0.3) is 5.56 Å². The van der Waals surface area contributed by atoms with E-state index in [4.69, 9.17) is 11.6 Å². The first kappa shape index (κ1) is 16.6. The summed E-state index contributed by atoms with van der Waals surface area (Å²) in [4.78, 5) is 27.1. The Bertz CT molecular complexity index is 1090. The third kappa shape index (κ3) is 2.73. The van der Waals surface area contributed by atoms with Crippen LogP contribution in [0.4, 0.5) is 0 Å². The van der Waals surface area contributed by atoms with Crippen molar-refractivity contribution in [3.63, 3.8) is 0 Å². The van der Waals surface area contributed by atoms with Crippen molar-refractivity contribution >= 4 is 11.6 Å². The van der Waals surface area contributed by atoms with Crippen molar-refractivity contribution in [3.05, 3.63) is 91.1 Å². The van der Waals surface area contributed by atoms with E-state index in [1.165, 1.54) is 0 Å². The van der Waals surface area contributed by atoms with Gasteiger partial charge in [0.05, 0.1) is 17.3 Å². The zero-order chi connectivity index (χ0) is 18.3. The molecule has 3 N–H and O–H groups in total. The van der Waals surface area contributed by atoms with Gasteiger partial charge in [0.2, 0.25) is 5.88 Å². The Balaban J connectivity index is 1.94. The molecule has 132 valence electrons. The van der Waals surface area contributed by atoms with Crippen LogP contribution in [0.1, 0.15) is 22.7 Å². The van der Waals surface area contributed by atoms with E-state index < -0.39 is 17.3 Å². The van der Waals surface area contributed by atoms with Crippen LogP contribution in [0, 0.1) is 0 Å². The Hall–Kier alpha value is -2.83. The quantitative estimate of drug-likeness (QED) is 0.645. The van der Waals surface area contributed by atoms with Gasteiger partial charge < -0.3 is 10.4 Å². The molecule has 0 saturated heterocycles. The highest BCUT2D eigenvalue weighted by Gasteiger charge is 2.28. The molecule has 1 atom stereocenters. The van der Waals surface area contributed by atoms with E-state index in [-0.39, 0.29) is 11.4 Å². The molecule has 0 radical (unpaired) electrons. The van der Waals surface area contributed by atoms with Crippen LogP contribution in [0.25, 0.3) is 5.69 Å². The molecule has 0 unspecified atom stereocenters. The smallest absolute Gasteiger partial charge is 0.335 e. The fraction of sp³-hybridized carbons (Fsp3) is 0.158. The number of fused-ring (bicyclic) bond motifs is 1. The van der Waals surface area contributed by atoms with E-state index in [1.807, 2.05) is 24.3 Å². The van der Waals surface area contributed by atoms with Crippen LogP contribution >= 0.6 is 11.6 Å². The number of rotatable bonds is 2. The molecule has 6 nitrogen and oxygen atoms in total. The van der Waals surface area contributed by atoms with Crippen LogP contribution in [0.5, 0.6) is 5.88 Å². The topological polar surface area (TPSA) is 87.1 Å². The van der Waals surface area contributed by atoms with E-state index in [9.17, 15) is 14.7 Å². The molecule has 26 heavy (non-hydrogen) atoms. The summed E-state index contributed by atoms with van der Waals surface area (Å²) < 4.78 is 1.08. The average molecular weight is 370 g/mol. The Labute approximate surface area is 153 Å². The summed E-state index contributed by atoms with van der Waals surface area (Å²) in [6.07, 6.45) is 0.835. The monoisotopic (exact) mass is 369 g/mol. The highest BCUT2D eigenvalue weighted by atomic mass is 35.5. The highest BCUT2D eigenvalue weighted by Crippen LogP contribution is 2.31. The number of aromatic hydroxyl groups is 1. The summed E-state index contributed by atoms with van der Waals surface area (Å²) in [5.74, 6) is -0.379. The van der Waals surface area contributed by atoms with Crippen molar-refractivity contribution in [2.24, 2.45) is 0 Å². The van der Waals surface area contributed by atoms with E-state index in [0.717, 1.165) is 22.1 Å². The summed E-state index contributed by atoms with van der Waals surface area (Å²) in [5.41, 5.74) is 1.25. The summed E-state index contributed by atoms with van der Waals surface area (Å²) in [6.45, 7) is 0.667. The van der Waals surface area contributed by atoms with Gasteiger partial charge in [0, 0.05) is 11.6 Å². The van der Waals surface area contributed by atoms with Gasteiger partial charge in [-0.1, -0.05) is 35.9 Å². The number of aromatic amines is 1. The number of H-pyrrole nitrogens is 1. The molecule has 2 heterocycles. The zero-order valence-corrected chi connectivity index (χ0v) is 14.5. The first-order chi connectivity index (χ1) is 12.6. The maximum absolute atomic E-state index is 12.5. The van der Waals surface area contributed by atoms with Crippen molar-refractivity contribution in [1.82, 2.24) is 14.9 Å².